The van der Waals surface area contributed by atoms with E-state index in [1.54, 1.807) is 18.2 Å². The smallest absolute Gasteiger partial charge is 0.417 e. The van der Waals surface area contributed by atoms with Gasteiger partial charge in [-0.1, -0.05) is 24.3 Å². The van der Waals surface area contributed by atoms with Crippen LogP contribution >= 0.6 is 0 Å². The maximum atomic E-state index is 13.0. The molecule has 6 nitrogen and oxygen atoms in total. The molecule has 0 atom stereocenters. The van der Waals surface area contributed by atoms with Crippen LogP contribution in [0.4, 0.5) is 13.2 Å². The number of sulfonamides is 1. The number of hydrogen-bond donors (Lipinski definition) is 1. The van der Waals surface area contributed by atoms with E-state index in [1.807, 2.05) is 10.8 Å². The van der Waals surface area contributed by atoms with Gasteiger partial charge >= 0.3 is 12.1 Å². The lowest BCUT2D eigenvalue weighted by Crippen LogP contribution is -2.28. The number of nitrogens with zero attached hydrogens (tertiary/aromatic N) is 1. The van der Waals surface area contributed by atoms with Gasteiger partial charge in [0.2, 0.25) is 10.0 Å². The largest absolute Gasteiger partial charge is 0.461 e. The number of carbonyl (C=O) groups excluding carboxylic acids is 1. The first-order valence-corrected chi connectivity index (χ1v) is 9.42. The van der Waals surface area contributed by atoms with Crippen LogP contribution in [0.5, 0.6) is 0 Å². The van der Waals surface area contributed by atoms with Crippen molar-refractivity contribution in [1.29, 1.82) is 5.26 Å². The number of rotatable bonds is 7. The highest BCUT2D eigenvalue weighted by molar-refractivity contribution is 7.89. The molecule has 148 valence electrons. The zero-order valence-electron chi connectivity index (χ0n) is 14.4. The molecule has 28 heavy (non-hydrogen) atoms. The van der Waals surface area contributed by atoms with Crippen LogP contribution in [0.15, 0.2) is 53.4 Å². The molecule has 0 saturated carbocycles. The van der Waals surface area contributed by atoms with Crippen molar-refractivity contribution < 1.29 is 31.1 Å². The van der Waals surface area contributed by atoms with Gasteiger partial charge in [0.05, 0.1) is 28.5 Å². The summed E-state index contributed by atoms with van der Waals surface area (Å²) in [6.07, 6.45) is -5.20. The third kappa shape index (κ3) is 5.80. The second kappa shape index (κ2) is 8.86. The molecule has 0 unspecified atom stereocenters. The fourth-order valence-corrected chi connectivity index (χ4v) is 3.52. The molecule has 1 N–H and O–H groups in total. The van der Waals surface area contributed by atoms with Crippen molar-refractivity contribution in [1.82, 2.24) is 4.72 Å². The molecule has 0 bridgehead atoms. The van der Waals surface area contributed by atoms with Gasteiger partial charge in [-0.25, -0.2) is 13.1 Å². The Hall–Kier alpha value is -2.90. The van der Waals surface area contributed by atoms with E-state index in [-0.39, 0.29) is 13.0 Å². The highest BCUT2D eigenvalue weighted by Gasteiger charge is 2.36. The van der Waals surface area contributed by atoms with E-state index in [9.17, 15) is 26.4 Å². The molecule has 0 fully saturated rings. The van der Waals surface area contributed by atoms with E-state index in [4.69, 9.17) is 10.00 Å². The number of hydrogen-bond acceptors (Lipinski definition) is 5. The number of halogens is 3. The zero-order valence-corrected chi connectivity index (χ0v) is 15.2. The summed E-state index contributed by atoms with van der Waals surface area (Å²) in [5.74, 6) is -0.742. The van der Waals surface area contributed by atoms with Gasteiger partial charge in [0.15, 0.2) is 0 Å². The minimum absolute atomic E-state index is 0.113. The number of ether oxygens (including phenoxy) is 1. The maximum Gasteiger partial charge on any atom is 0.417 e. The first-order valence-electron chi connectivity index (χ1n) is 7.94. The Morgan fingerprint density at radius 1 is 1.14 bits per heavy atom. The van der Waals surface area contributed by atoms with Crippen LogP contribution in [0.2, 0.25) is 0 Å². The fourth-order valence-electron chi connectivity index (χ4n) is 2.27. The Labute approximate surface area is 159 Å². The Balaban J connectivity index is 1.92. The molecule has 0 aromatic heterocycles. The molecule has 0 aliphatic heterocycles. The minimum Gasteiger partial charge on any atom is -0.461 e. The molecule has 2 aromatic carbocycles. The van der Waals surface area contributed by atoms with Gasteiger partial charge in [-0.2, -0.15) is 18.4 Å². The number of nitriles is 1. The van der Waals surface area contributed by atoms with Gasteiger partial charge in [-0.3, -0.25) is 4.79 Å². The summed E-state index contributed by atoms with van der Waals surface area (Å²) in [5.41, 5.74) is -0.320. The van der Waals surface area contributed by atoms with Gasteiger partial charge in [0.1, 0.15) is 6.61 Å². The highest BCUT2D eigenvalue weighted by Crippen LogP contribution is 2.33. The van der Waals surface area contributed by atoms with Gasteiger partial charge in [-0.05, 0) is 29.8 Å². The lowest BCUT2D eigenvalue weighted by molar-refractivity contribution is -0.144. The Kier molecular flexibility index (Phi) is 6.77. The summed E-state index contributed by atoms with van der Waals surface area (Å²) < 4.78 is 70.1. The molecule has 2 aromatic rings. The van der Waals surface area contributed by atoms with Crippen molar-refractivity contribution in [3.8, 4) is 6.07 Å². The normalized spacial score (nSPS) is 11.6. The van der Waals surface area contributed by atoms with E-state index in [0.29, 0.717) is 17.2 Å². The van der Waals surface area contributed by atoms with Gasteiger partial charge in [0.25, 0.3) is 0 Å². The maximum absolute atomic E-state index is 13.0. The number of carbonyl (C=O) groups is 1. The Bertz CT molecular complexity index is 998. The van der Waals surface area contributed by atoms with Gasteiger partial charge in [-0.15, -0.1) is 0 Å². The van der Waals surface area contributed by atoms with Crippen LogP contribution in [-0.4, -0.2) is 20.9 Å². The number of benzene rings is 2. The summed E-state index contributed by atoms with van der Waals surface area (Å²) in [7, 11) is -4.46. The second-order valence-corrected chi connectivity index (χ2v) is 7.35. The zero-order chi connectivity index (χ0) is 20.8. The molecule has 0 heterocycles. The van der Waals surface area contributed by atoms with Gasteiger partial charge in [0, 0.05) is 6.54 Å². The summed E-state index contributed by atoms with van der Waals surface area (Å²) in [6.45, 7) is -0.538. The van der Waals surface area contributed by atoms with E-state index in [2.05, 4.69) is 0 Å². The molecule has 0 aliphatic rings. The summed E-state index contributed by atoms with van der Waals surface area (Å²) in [4.78, 5) is 10.8. The lowest BCUT2D eigenvalue weighted by Gasteiger charge is -2.13. The van der Waals surface area contributed by atoms with Crippen molar-refractivity contribution in [2.24, 2.45) is 0 Å². The quantitative estimate of drug-likeness (QED) is 0.706. The van der Waals surface area contributed by atoms with Crippen molar-refractivity contribution in [3.63, 3.8) is 0 Å². The summed E-state index contributed by atoms with van der Waals surface area (Å²) in [5, 5.41) is 8.80. The topological polar surface area (TPSA) is 96.3 Å². The van der Waals surface area contributed by atoms with E-state index >= 15 is 0 Å². The highest BCUT2D eigenvalue weighted by atomic mass is 32.2. The minimum atomic E-state index is -4.83. The van der Waals surface area contributed by atoms with Crippen molar-refractivity contribution >= 4 is 16.0 Å². The fraction of sp³-hybridized carbons (Fsp3) is 0.222. The van der Waals surface area contributed by atoms with Crippen LogP contribution in [0.3, 0.4) is 0 Å². The summed E-state index contributed by atoms with van der Waals surface area (Å²) >= 11 is 0. The van der Waals surface area contributed by atoms with Crippen LogP contribution in [0.1, 0.15) is 23.1 Å². The second-order valence-electron chi connectivity index (χ2n) is 5.61. The van der Waals surface area contributed by atoms with Crippen LogP contribution in [-0.2, 0) is 32.3 Å². The molecular formula is C18H15F3N2O4S. The first-order chi connectivity index (χ1) is 13.1. The van der Waals surface area contributed by atoms with Crippen LogP contribution in [0.25, 0.3) is 0 Å². The predicted molar refractivity (Wildman–Crippen MR) is 92.2 cm³/mol. The average Bonchev–Trinajstić information content (AvgIpc) is 2.66. The molecule has 10 heteroatoms. The van der Waals surface area contributed by atoms with Crippen LogP contribution in [0, 0.1) is 11.3 Å². The predicted octanol–water partition coefficient (Wildman–Crippen LogP) is 2.99. The molecule has 0 saturated heterocycles. The van der Waals surface area contributed by atoms with Crippen LogP contribution < -0.4 is 4.72 Å². The first kappa shape index (κ1) is 21.4. The number of esters is 1. The molecule has 0 aliphatic carbocycles. The van der Waals surface area contributed by atoms with Crippen molar-refractivity contribution in [2.75, 3.05) is 6.54 Å². The number of nitrogens with one attached hydrogen (secondary N) is 1. The monoisotopic (exact) mass is 412 g/mol. The Morgan fingerprint density at radius 3 is 2.54 bits per heavy atom. The molecule has 0 amide bonds. The average molecular weight is 412 g/mol. The van der Waals surface area contributed by atoms with E-state index < -0.39 is 39.2 Å². The third-order valence-electron chi connectivity index (χ3n) is 3.56. The summed E-state index contributed by atoms with van der Waals surface area (Å²) in [6, 6.07) is 12.1. The number of alkyl halides is 3. The molecular weight excluding hydrogens is 397 g/mol. The van der Waals surface area contributed by atoms with Crippen molar-refractivity contribution in [2.45, 2.75) is 24.1 Å². The third-order valence-corrected chi connectivity index (χ3v) is 5.08. The van der Waals surface area contributed by atoms with E-state index in [0.717, 1.165) is 12.1 Å². The SMILES string of the molecule is N#Cc1cccc(COC(=O)CCNS(=O)(=O)c2ccccc2C(F)(F)F)c1. The molecule has 2 rings (SSSR count). The lowest BCUT2D eigenvalue weighted by atomic mass is 10.1. The van der Waals surface area contributed by atoms with E-state index in [1.165, 1.54) is 12.1 Å². The Morgan fingerprint density at radius 2 is 1.86 bits per heavy atom. The standard InChI is InChI=1S/C18H15F3N2O4S/c19-18(20,21)15-6-1-2-7-16(15)28(25,26)23-9-8-17(24)27-12-14-5-3-4-13(10-14)11-22/h1-7,10,23H,8-9,12H2. The van der Waals surface area contributed by atoms with Crippen molar-refractivity contribution in [3.05, 3.63) is 65.2 Å². The molecule has 0 radical (unpaired) electrons. The molecule has 0 spiro atoms. The van der Waals surface area contributed by atoms with Gasteiger partial charge < -0.3 is 4.74 Å².